The van der Waals surface area contributed by atoms with Crippen molar-refractivity contribution in [2.24, 2.45) is 0 Å². The number of aromatic nitrogens is 3. The molecule has 1 aromatic carbocycles. The predicted octanol–water partition coefficient (Wildman–Crippen LogP) is 1.59. The molecule has 1 aliphatic rings. The Morgan fingerprint density at radius 3 is 2.88 bits per heavy atom. The molecule has 1 aromatic heterocycles. The number of aryl methyl sites for hydroxylation is 1. The Morgan fingerprint density at radius 1 is 1.38 bits per heavy atom. The molecule has 0 unspecified atom stereocenters. The Bertz CT molecular complexity index is 840. The fourth-order valence-corrected chi connectivity index (χ4v) is 3.67. The van der Waals surface area contributed by atoms with Crippen molar-refractivity contribution in [2.75, 3.05) is 6.54 Å². The van der Waals surface area contributed by atoms with Gasteiger partial charge in [0.15, 0.2) is 17.5 Å². The van der Waals surface area contributed by atoms with E-state index in [0.717, 1.165) is 18.2 Å². The molecule has 0 amide bonds. The molecule has 2 heterocycles. The van der Waals surface area contributed by atoms with Crippen LogP contribution in [0.2, 0.25) is 0 Å². The molecule has 0 spiro atoms. The summed E-state index contributed by atoms with van der Waals surface area (Å²) in [5, 5.41) is 6.74. The second-order valence-electron chi connectivity index (χ2n) is 5.51. The van der Waals surface area contributed by atoms with E-state index in [2.05, 4.69) is 19.9 Å². The first-order chi connectivity index (χ1) is 11.4. The van der Waals surface area contributed by atoms with Crippen LogP contribution < -0.4 is 4.72 Å². The van der Waals surface area contributed by atoms with E-state index >= 15 is 0 Å². The van der Waals surface area contributed by atoms with Gasteiger partial charge in [-0.2, -0.15) is 5.10 Å². The maximum Gasteiger partial charge on any atom is 0.243 e. The molecule has 2 aromatic rings. The lowest BCUT2D eigenvalue weighted by Crippen LogP contribution is -2.32. The smallest absolute Gasteiger partial charge is 0.243 e. The number of H-pyrrole nitrogens is 1. The normalized spacial score (nSPS) is 21.3. The van der Waals surface area contributed by atoms with Crippen LogP contribution in [0.4, 0.5) is 8.78 Å². The minimum absolute atomic E-state index is 0.0435. The van der Waals surface area contributed by atoms with Crippen LogP contribution in [0.25, 0.3) is 0 Å². The third kappa shape index (κ3) is 3.45. The number of nitrogens with one attached hydrogen (secondary N) is 2. The van der Waals surface area contributed by atoms with Gasteiger partial charge in [0.05, 0.1) is 6.10 Å². The Morgan fingerprint density at radius 2 is 2.17 bits per heavy atom. The lowest BCUT2D eigenvalue weighted by atomic mass is 10.2. The van der Waals surface area contributed by atoms with Gasteiger partial charge in [-0.05, 0) is 31.9 Å². The molecule has 2 atom stereocenters. The van der Waals surface area contributed by atoms with Crippen molar-refractivity contribution in [3.8, 4) is 0 Å². The number of benzene rings is 1. The molecule has 0 bridgehead atoms. The Balaban J connectivity index is 1.62. The SMILES string of the molecule is Cc1nc([C@@H]2CC[C@H](CNS(=O)(=O)c3cccc(F)c3F)O2)n[nH]1. The number of ether oxygens (including phenoxy) is 1. The summed E-state index contributed by atoms with van der Waals surface area (Å²) in [6, 6.07) is 3.01. The van der Waals surface area contributed by atoms with Crippen molar-refractivity contribution in [1.82, 2.24) is 19.9 Å². The van der Waals surface area contributed by atoms with E-state index in [1.165, 1.54) is 0 Å². The van der Waals surface area contributed by atoms with Crippen LogP contribution in [0.3, 0.4) is 0 Å². The summed E-state index contributed by atoms with van der Waals surface area (Å²) in [5.74, 6) is -1.42. The lowest BCUT2D eigenvalue weighted by molar-refractivity contribution is 0.0430. The van der Waals surface area contributed by atoms with Gasteiger partial charge in [0.2, 0.25) is 10.0 Å². The van der Waals surface area contributed by atoms with Crippen LogP contribution in [0.5, 0.6) is 0 Å². The fourth-order valence-electron chi connectivity index (χ4n) is 2.52. The molecule has 1 fully saturated rings. The zero-order chi connectivity index (χ0) is 17.3. The second kappa shape index (κ2) is 6.54. The second-order valence-corrected chi connectivity index (χ2v) is 7.24. The summed E-state index contributed by atoms with van der Waals surface area (Å²) in [7, 11) is -4.16. The first-order valence-corrected chi connectivity index (χ1v) is 8.83. The maximum atomic E-state index is 13.6. The topological polar surface area (TPSA) is 97.0 Å². The van der Waals surface area contributed by atoms with E-state index in [-0.39, 0.29) is 18.8 Å². The van der Waals surface area contributed by atoms with E-state index in [4.69, 9.17) is 4.74 Å². The minimum atomic E-state index is -4.16. The van der Waals surface area contributed by atoms with Gasteiger partial charge in [-0.3, -0.25) is 5.10 Å². The summed E-state index contributed by atoms with van der Waals surface area (Å²) in [4.78, 5) is 3.46. The highest BCUT2D eigenvalue weighted by Crippen LogP contribution is 2.30. The van der Waals surface area contributed by atoms with Crippen LogP contribution in [0, 0.1) is 18.6 Å². The van der Waals surface area contributed by atoms with Crippen LogP contribution in [0.1, 0.15) is 30.6 Å². The van der Waals surface area contributed by atoms with Crippen LogP contribution >= 0.6 is 0 Å². The van der Waals surface area contributed by atoms with Crippen LogP contribution in [-0.2, 0) is 14.8 Å². The molecule has 24 heavy (non-hydrogen) atoms. The van der Waals surface area contributed by atoms with Gasteiger partial charge in [0.25, 0.3) is 0 Å². The molecule has 0 saturated carbocycles. The maximum absolute atomic E-state index is 13.6. The van der Waals surface area contributed by atoms with E-state index < -0.39 is 26.6 Å². The van der Waals surface area contributed by atoms with Gasteiger partial charge < -0.3 is 4.74 Å². The quantitative estimate of drug-likeness (QED) is 0.846. The Labute approximate surface area is 137 Å². The summed E-state index contributed by atoms with van der Waals surface area (Å²) in [5.41, 5.74) is 0. The van der Waals surface area contributed by atoms with Crippen LogP contribution in [0.15, 0.2) is 23.1 Å². The molecule has 3 rings (SSSR count). The van der Waals surface area contributed by atoms with Crippen LogP contribution in [-0.4, -0.2) is 36.2 Å². The molecular formula is C14H16F2N4O3S. The third-order valence-corrected chi connectivity index (χ3v) is 5.16. The van der Waals surface area contributed by atoms with Gasteiger partial charge in [0, 0.05) is 6.54 Å². The van der Waals surface area contributed by atoms with Crippen molar-refractivity contribution in [3.63, 3.8) is 0 Å². The van der Waals surface area contributed by atoms with E-state index in [1.54, 1.807) is 6.92 Å². The van der Waals surface area contributed by atoms with E-state index in [0.29, 0.717) is 24.5 Å². The standard InChI is InChI=1S/C14H16F2N4O3S/c1-8-18-14(20-19-8)11-6-5-9(23-11)7-17-24(21,22)12-4-2-3-10(15)13(12)16/h2-4,9,11,17H,5-7H2,1H3,(H,18,19,20)/t9-,11+/m1/s1. The predicted molar refractivity (Wildman–Crippen MR) is 79.5 cm³/mol. The number of hydrogen-bond donors (Lipinski definition) is 2. The highest BCUT2D eigenvalue weighted by atomic mass is 32.2. The van der Waals surface area contributed by atoms with Crippen molar-refractivity contribution < 1.29 is 21.9 Å². The van der Waals surface area contributed by atoms with E-state index in [9.17, 15) is 17.2 Å². The average Bonchev–Trinajstić information content (AvgIpc) is 3.16. The van der Waals surface area contributed by atoms with Crippen molar-refractivity contribution in [2.45, 2.75) is 36.9 Å². The summed E-state index contributed by atoms with van der Waals surface area (Å²) in [6.07, 6.45) is 0.556. The van der Waals surface area contributed by atoms with Gasteiger partial charge >= 0.3 is 0 Å². The number of aromatic amines is 1. The molecule has 2 N–H and O–H groups in total. The first kappa shape index (κ1) is 16.9. The number of hydrogen-bond acceptors (Lipinski definition) is 5. The van der Waals surface area contributed by atoms with Crippen molar-refractivity contribution >= 4 is 10.0 Å². The largest absolute Gasteiger partial charge is 0.366 e. The molecule has 0 aliphatic carbocycles. The lowest BCUT2D eigenvalue weighted by Gasteiger charge is -2.13. The summed E-state index contributed by atoms with van der Waals surface area (Å²) in [6.45, 7) is 1.72. The highest BCUT2D eigenvalue weighted by Gasteiger charge is 2.31. The molecule has 10 heteroatoms. The fraction of sp³-hybridized carbons (Fsp3) is 0.429. The number of halogens is 2. The van der Waals surface area contributed by atoms with E-state index in [1.807, 2.05) is 0 Å². The monoisotopic (exact) mass is 358 g/mol. The molecule has 0 radical (unpaired) electrons. The molecule has 1 saturated heterocycles. The molecular weight excluding hydrogens is 342 g/mol. The number of sulfonamides is 1. The van der Waals surface area contributed by atoms with Gasteiger partial charge in [-0.1, -0.05) is 6.07 Å². The molecule has 1 aliphatic heterocycles. The molecule has 130 valence electrons. The van der Waals surface area contributed by atoms with Gasteiger partial charge in [0.1, 0.15) is 16.8 Å². The summed E-state index contributed by atoms with van der Waals surface area (Å²) < 4.78 is 59.0. The number of nitrogens with zero attached hydrogens (tertiary/aromatic N) is 2. The van der Waals surface area contributed by atoms with Crippen molar-refractivity contribution in [3.05, 3.63) is 41.5 Å². The number of rotatable bonds is 5. The Kier molecular flexibility index (Phi) is 4.61. The zero-order valence-electron chi connectivity index (χ0n) is 12.8. The zero-order valence-corrected chi connectivity index (χ0v) is 13.6. The van der Waals surface area contributed by atoms with Gasteiger partial charge in [-0.25, -0.2) is 26.9 Å². The third-order valence-electron chi connectivity index (χ3n) is 3.72. The molecule has 7 nitrogen and oxygen atoms in total. The van der Waals surface area contributed by atoms with Gasteiger partial charge in [-0.15, -0.1) is 0 Å². The highest BCUT2D eigenvalue weighted by molar-refractivity contribution is 7.89. The van der Waals surface area contributed by atoms with Crippen molar-refractivity contribution in [1.29, 1.82) is 0 Å². The average molecular weight is 358 g/mol. The Hall–Kier alpha value is -1.91. The summed E-state index contributed by atoms with van der Waals surface area (Å²) >= 11 is 0. The first-order valence-electron chi connectivity index (χ1n) is 7.35. The minimum Gasteiger partial charge on any atom is -0.366 e.